The first kappa shape index (κ1) is 33.4. The Morgan fingerprint density at radius 3 is 2.41 bits per heavy atom. The lowest BCUT2D eigenvalue weighted by atomic mass is 9.91. The molecule has 8 heteroatoms. The van der Waals surface area contributed by atoms with Crippen LogP contribution in [-0.2, 0) is 5.66 Å². The Morgan fingerprint density at radius 2 is 1.85 bits per heavy atom. The number of nitrogens with zero attached hydrogens (tertiary/aromatic N) is 4. The summed E-state index contributed by atoms with van der Waals surface area (Å²) in [5, 5.41) is 10.5. The smallest absolute Gasteiger partial charge is 0.256 e. The number of aryl methyl sites for hydroxylation is 1. The molecule has 0 spiro atoms. The number of carbonyl (C=O) groups excluding carboxylic acids is 1. The van der Waals surface area contributed by atoms with Crippen LogP contribution >= 0.6 is 11.6 Å². The molecular formula is C33H41ClN4O3. The van der Waals surface area contributed by atoms with Crippen LogP contribution in [0.2, 0.25) is 5.02 Å². The van der Waals surface area contributed by atoms with Gasteiger partial charge < -0.3 is 14.7 Å². The van der Waals surface area contributed by atoms with Crippen molar-refractivity contribution in [2.75, 3.05) is 19.8 Å². The predicted octanol–water partition coefficient (Wildman–Crippen LogP) is 7.12. The maximum Gasteiger partial charge on any atom is 0.256 e. The summed E-state index contributed by atoms with van der Waals surface area (Å²) in [6.07, 6.45) is 15.3. The average Bonchev–Trinajstić information content (AvgIpc) is 3.51. The van der Waals surface area contributed by atoms with E-state index in [1.165, 1.54) is 0 Å². The summed E-state index contributed by atoms with van der Waals surface area (Å²) in [6, 6.07) is 12.9. The second kappa shape index (κ2) is 17.1. The van der Waals surface area contributed by atoms with Gasteiger partial charge in [0.1, 0.15) is 0 Å². The van der Waals surface area contributed by atoms with Crippen molar-refractivity contribution >= 4 is 17.5 Å². The zero-order valence-electron chi connectivity index (χ0n) is 24.6. The first-order chi connectivity index (χ1) is 19.9. The maximum absolute atomic E-state index is 12.7. The average molecular weight is 577 g/mol. The van der Waals surface area contributed by atoms with Crippen LogP contribution in [-0.4, -0.2) is 50.6 Å². The molecule has 218 valence electrons. The maximum atomic E-state index is 12.7. The molecule has 2 aromatic heterocycles. The molecule has 0 saturated carbocycles. The van der Waals surface area contributed by atoms with Crippen LogP contribution < -0.4 is 4.74 Å². The van der Waals surface area contributed by atoms with Crippen molar-refractivity contribution in [3.05, 3.63) is 125 Å². The van der Waals surface area contributed by atoms with Gasteiger partial charge in [0.05, 0.1) is 13.0 Å². The SMILES string of the molecule is C/C=C\CC.C=C/C=C/Oc1ccc(C)cn1.CC.O=C1c2ccncc2C2(c3ccc(Cl)cc3)N(CO)CCN12. The molecule has 1 fully saturated rings. The molecule has 7 nitrogen and oxygen atoms in total. The Kier molecular flexibility index (Phi) is 14.0. The van der Waals surface area contributed by atoms with Gasteiger partial charge in [-0.15, -0.1) is 0 Å². The number of hydrogen-bond donors (Lipinski definition) is 1. The largest absolute Gasteiger partial charge is 0.447 e. The highest BCUT2D eigenvalue weighted by Crippen LogP contribution is 2.49. The fourth-order valence-corrected chi connectivity index (χ4v) is 4.68. The molecule has 0 bridgehead atoms. The number of aromatic nitrogens is 2. The molecule has 5 rings (SSSR count). The van der Waals surface area contributed by atoms with Gasteiger partial charge in [-0.25, -0.2) is 9.88 Å². The second-order valence-corrected chi connectivity index (χ2v) is 9.23. The number of carbonyl (C=O) groups is 1. The van der Waals surface area contributed by atoms with E-state index < -0.39 is 5.66 Å². The summed E-state index contributed by atoms with van der Waals surface area (Å²) in [7, 11) is 0. The monoisotopic (exact) mass is 576 g/mol. The third-order valence-electron chi connectivity index (χ3n) is 6.29. The van der Waals surface area contributed by atoms with Crippen LogP contribution in [0.15, 0.2) is 98.2 Å². The number of hydrogen-bond acceptors (Lipinski definition) is 6. The van der Waals surface area contributed by atoms with Crippen molar-refractivity contribution in [3.63, 3.8) is 0 Å². The van der Waals surface area contributed by atoms with Gasteiger partial charge in [-0.1, -0.05) is 75.4 Å². The summed E-state index contributed by atoms with van der Waals surface area (Å²) in [5.41, 5.74) is 2.69. The van der Waals surface area contributed by atoms with Crippen molar-refractivity contribution in [3.8, 4) is 5.88 Å². The van der Waals surface area contributed by atoms with Gasteiger partial charge in [0.2, 0.25) is 5.88 Å². The van der Waals surface area contributed by atoms with Gasteiger partial charge >= 0.3 is 0 Å². The van der Waals surface area contributed by atoms with Crippen LogP contribution in [0.25, 0.3) is 0 Å². The normalized spacial score (nSPS) is 17.0. The van der Waals surface area contributed by atoms with Crippen molar-refractivity contribution in [1.82, 2.24) is 19.8 Å². The van der Waals surface area contributed by atoms with Gasteiger partial charge in [-0.05, 0) is 55.7 Å². The molecule has 2 aliphatic rings. The molecular weight excluding hydrogens is 536 g/mol. The van der Waals surface area contributed by atoms with Crippen molar-refractivity contribution in [2.45, 2.75) is 46.7 Å². The van der Waals surface area contributed by atoms with Gasteiger partial charge in [-0.2, -0.15) is 0 Å². The lowest BCUT2D eigenvalue weighted by Gasteiger charge is -2.39. The summed E-state index contributed by atoms with van der Waals surface area (Å²) >= 11 is 6.00. The number of halogens is 1. The highest BCUT2D eigenvalue weighted by atomic mass is 35.5. The van der Waals surface area contributed by atoms with Gasteiger partial charge in [-0.3, -0.25) is 9.78 Å². The molecule has 1 aromatic carbocycles. The highest BCUT2D eigenvalue weighted by Gasteiger charge is 2.58. The number of rotatable bonds is 6. The summed E-state index contributed by atoms with van der Waals surface area (Å²) < 4.78 is 5.14. The van der Waals surface area contributed by atoms with Crippen LogP contribution in [0.4, 0.5) is 0 Å². The molecule has 3 aromatic rings. The van der Waals surface area contributed by atoms with E-state index in [0.717, 1.165) is 23.1 Å². The van der Waals surface area contributed by atoms with Crippen LogP contribution in [0.5, 0.6) is 5.88 Å². The number of amides is 1. The second-order valence-electron chi connectivity index (χ2n) is 8.80. The molecule has 1 amide bonds. The molecule has 41 heavy (non-hydrogen) atoms. The molecule has 0 radical (unpaired) electrons. The Balaban J connectivity index is 0.000000261. The highest BCUT2D eigenvalue weighted by molar-refractivity contribution is 6.30. The van der Waals surface area contributed by atoms with E-state index in [-0.39, 0.29) is 12.6 Å². The third-order valence-corrected chi connectivity index (χ3v) is 6.54. The van der Waals surface area contributed by atoms with E-state index in [2.05, 4.69) is 35.6 Å². The van der Waals surface area contributed by atoms with Crippen LogP contribution in [0.3, 0.4) is 0 Å². The van der Waals surface area contributed by atoms with E-state index in [4.69, 9.17) is 16.3 Å². The Bertz CT molecular complexity index is 1290. The molecule has 0 aliphatic carbocycles. The third kappa shape index (κ3) is 7.91. The minimum Gasteiger partial charge on any atom is -0.447 e. The quantitative estimate of drug-likeness (QED) is 0.191. The molecule has 1 atom stereocenters. The number of aliphatic hydroxyl groups is 1. The van der Waals surface area contributed by atoms with Crippen LogP contribution in [0.1, 0.15) is 61.2 Å². The molecule has 2 aliphatic heterocycles. The summed E-state index contributed by atoms with van der Waals surface area (Å²) in [6.45, 7) is 14.7. The number of benzene rings is 1. The Morgan fingerprint density at radius 1 is 1.12 bits per heavy atom. The first-order valence-electron chi connectivity index (χ1n) is 13.8. The van der Waals surface area contributed by atoms with E-state index in [1.807, 2.05) is 56.9 Å². The van der Waals surface area contributed by atoms with Crippen molar-refractivity contribution in [1.29, 1.82) is 0 Å². The lowest BCUT2D eigenvalue weighted by Crippen LogP contribution is -2.49. The minimum absolute atomic E-state index is 0.0247. The fraction of sp³-hybridized carbons (Fsp3) is 0.303. The summed E-state index contributed by atoms with van der Waals surface area (Å²) in [4.78, 5) is 24.7. The Labute approximate surface area is 249 Å². The fourth-order valence-electron chi connectivity index (χ4n) is 4.56. The van der Waals surface area contributed by atoms with E-state index >= 15 is 0 Å². The van der Waals surface area contributed by atoms with Gasteiger partial charge in [0.15, 0.2) is 5.66 Å². The summed E-state index contributed by atoms with van der Waals surface area (Å²) in [5.74, 6) is 0.571. The van der Waals surface area contributed by atoms with E-state index in [0.29, 0.717) is 29.6 Å². The lowest BCUT2D eigenvalue weighted by molar-refractivity contribution is 0.00519. The number of fused-ring (bicyclic) bond motifs is 3. The topological polar surface area (TPSA) is 78.8 Å². The minimum atomic E-state index is -0.792. The van der Waals surface area contributed by atoms with E-state index in [1.54, 1.807) is 60.1 Å². The van der Waals surface area contributed by atoms with Gasteiger partial charge in [0, 0.05) is 53.9 Å². The standard InChI is InChI=1S/C16H14ClN3O2.C10H11NO.C5H10.C2H6/c17-12-3-1-11(2-4-12)16-14-9-18-6-5-13(14)15(22)20(16)8-7-19(16)10-21;1-3-4-7-12-10-6-5-9(2)8-11-10;1-3-5-4-2;1-2/h1-6,9,21H,7-8,10H2;3-8H,1H2,2H3;3,5H,4H2,1-2H3;1-2H3/b;7-4+;5-3-;. The zero-order chi connectivity index (χ0) is 30.3. The zero-order valence-corrected chi connectivity index (χ0v) is 25.4. The van der Waals surface area contributed by atoms with Gasteiger partial charge in [0.25, 0.3) is 5.91 Å². The molecule has 1 N–H and O–H groups in total. The Hall–Kier alpha value is -3.78. The van der Waals surface area contributed by atoms with Crippen LogP contribution in [0, 0.1) is 6.92 Å². The molecule has 4 heterocycles. The van der Waals surface area contributed by atoms with Crippen molar-refractivity contribution in [2.24, 2.45) is 0 Å². The number of allylic oxidation sites excluding steroid dienone is 4. The first-order valence-corrected chi connectivity index (χ1v) is 14.2. The van der Waals surface area contributed by atoms with E-state index in [9.17, 15) is 9.90 Å². The number of aliphatic hydroxyl groups excluding tert-OH is 1. The number of pyridine rings is 2. The molecule has 1 saturated heterocycles. The van der Waals surface area contributed by atoms with Crippen molar-refractivity contribution < 1.29 is 14.6 Å². The predicted molar refractivity (Wildman–Crippen MR) is 167 cm³/mol. The number of ether oxygens (including phenoxy) is 1. The molecule has 1 unspecified atom stereocenters.